The van der Waals surface area contributed by atoms with Gasteiger partial charge in [0.15, 0.2) is 17.5 Å². The first-order valence-electron chi connectivity index (χ1n) is 10.1. The van der Waals surface area contributed by atoms with Gasteiger partial charge in [0.05, 0.1) is 23.9 Å². The first-order chi connectivity index (χ1) is 14.8. The van der Waals surface area contributed by atoms with E-state index in [0.717, 1.165) is 66.2 Å². The second-order valence-corrected chi connectivity index (χ2v) is 9.03. The van der Waals surface area contributed by atoms with Gasteiger partial charge >= 0.3 is 0 Å². The van der Waals surface area contributed by atoms with E-state index in [0.29, 0.717) is 13.2 Å². The van der Waals surface area contributed by atoms with Gasteiger partial charge in [0.25, 0.3) is 0 Å². The molecule has 0 amide bonds. The fraction of sp³-hybridized carbons (Fsp3) is 0.364. The summed E-state index contributed by atoms with van der Waals surface area (Å²) in [6, 6.07) is 10.1. The standard InChI is InChI=1S/C22H26N4O2S2/c1-16-25-18(15-30-16)7-9-23-22(24-10-8-19-4-2-13-29-19)26-17-5-6-20-21(14-17)28-12-3-11-27-20/h2,4-6,13-15H,3,7-12H2,1H3,(H2,23,24,26). The number of aryl methyl sites for hydroxylation is 1. The number of aliphatic imine (C=N–C) groups is 1. The van der Waals surface area contributed by atoms with E-state index in [4.69, 9.17) is 14.5 Å². The van der Waals surface area contributed by atoms with E-state index in [2.05, 4.69) is 38.5 Å². The zero-order chi connectivity index (χ0) is 20.6. The van der Waals surface area contributed by atoms with Gasteiger partial charge in [-0.3, -0.25) is 4.99 Å². The topological polar surface area (TPSA) is 67.8 Å². The van der Waals surface area contributed by atoms with Gasteiger partial charge in [-0.25, -0.2) is 4.98 Å². The van der Waals surface area contributed by atoms with E-state index in [1.165, 1.54) is 4.88 Å². The summed E-state index contributed by atoms with van der Waals surface area (Å²) in [5, 5.41) is 12.2. The van der Waals surface area contributed by atoms with Crippen molar-refractivity contribution in [3.05, 3.63) is 56.7 Å². The normalized spacial score (nSPS) is 13.7. The smallest absolute Gasteiger partial charge is 0.195 e. The van der Waals surface area contributed by atoms with Crippen molar-refractivity contribution in [3.63, 3.8) is 0 Å². The third kappa shape index (κ3) is 5.96. The van der Waals surface area contributed by atoms with Crippen LogP contribution in [0, 0.1) is 6.92 Å². The van der Waals surface area contributed by atoms with Crippen LogP contribution in [0.4, 0.5) is 5.69 Å². The molecule has 3 aromatic rings. The predicted molar refractivity (Wildman–Crippen MR) is 125 cm³/mol. The second kappa shape index (κ2) is 10.4. The number of nitrogens with zero attached hydrogens (tertiary/aromatic N) is 2. The molecule has 0 fully saturated rings. The maximum absolute atomic E-state index is 5.81. The zero-order valence-corrected chi connectivity index (χ0v) is 18.7. The predicted octanol–water partition coefficient (Wildman–Crippen LogP) is 4.52. The number of benzene rings is 1. The lowest BCUT2D eigenvalue weighted by atomic mass is 10.2. The molecule has 2 N–H and O–H groups in total. The lowest BCUT2D eigenvalue weighted by Crippen LogP contribution is -2.32. The highest BCUT2D eigenvalue weighted by molar-refractivity contribution is 7.10. The Kier molecular flexibility index (Phi) is 7.20. The molecule has 0 radical (unpaired) electrons. The number of nitrogens with one attached hydrogen (secondary N) is 2. The fourth-order valence-corrected chi connectivity index (χ4v) is 4.43. The Balaban J connectivity index is 1.41. The van der Waals surface area contributed by atoms with E-state index < -0.39 is 0 Å². The molecule has 1 aliphatic rings. The van der Waals surface area contributed by atoms with Gasteiger partial charge in [0, 0.05) is 54.4 Å². The second-order valence-electron chi connectivity index (χ2n) is 6.93. The lowest BCUT2D eigenvalue weighted by Gasteiger charge is -2.14. The molecule has 0 atom stereocenters. The Morgan fingerprint density at radius 3 is 2.83 bits per heavy atom. The van der Waals surface area contributed by atoms with E-state index >= 15 is 0 Å². The van der Waals surface area contributed by atoms with E-state index in [1.54, 1.807) is 22.7 Å². The summed E-state index contributed by atoms with van der Waals surface area (Å²) in [4.78, 5) is 10.6. The van der Waals surface area contributed by atoms with Crippen LogP contribution in [0.1, 0.15) is 22.0 Å². The SMILES string of the molecule is Cc1nc(CCNC(=NCCc2cccs2)Nc2ccc3c(c2)OCCCO3)cs1. The number of aromatic nitrogens is 1. The van der Waals surface area contributed by atoms with Gasteiger partial charge in [-0.2, -0.15) is 0 Å². The number of rotatable bonds is 7. The Labute approximate surface area is 185 Å². The summed E-state index contributed by atoms with van der Waals surface area (Å²) in [6.07, 6.45) is 2.68. The van der Waals surface area contributed by atoms with Gasteiger partial charge in [-0.05, 0) is 30.5 Å². The van der Waals surface area contributed by atoms with Crippen molar-refractivity contribution in [3.8, 4) is 11.5 Å². The van der Waals surface area contributed by atoms with Crippen molar-refractivity contribution in [1.29, 1.82) is 0 Å². The Hall–Kier alpha value is -2.58. The van der Waals surface area contributed by atoms with Crippen LogP contribution in [0.15, 0.2) is 46.1 Å². The molecule has 8 heteroatoms. The third-order valence-electron chi connectivity index (χ3n) is 4.56. The van der Waals surface area contributed by atoms with Gasteiger partial charge < -0.3 is 20.1 Å². The largest absolute Gasteiger partial charge is 0.490 e. The van der Waals surface area contributed by atoms with E-state index in [9.17, 15) is 0 Å². The fourth-order valence-electron chi connectivity index (χ4n) is 3.08. The van der Waals surface area contributed by atoms with Crippen LogP contribution in [0.2, 0.25) is 0 Å². The van der Waals surface area contributed by atoms with E-state index in [-0.39, 0.29) is 0 Å². The number of thiazole rings is 1. The molecule has 0 saturated heterocycles. The van der Waals surface area contributed by atoms with Crippen molar-refractivity contribution < 1.29 is 9.47 Å². The van der Waals surface area contributed by atoms with Gasteiger partial charge in [0.1, 0.15) is 0 Å². The molecule has 0 saturated carbocycles. The average molecular weight is 443 g/mol. The lowest BCUT2D eigenvalue weighted by molar-refractivity contribution is 0.297. The van der Waals surface area contributed by atoms with Crippen molar-refractivity contribution in [2.45, 2.75) is 26.2 Å². The van der Waals surface area contributed by atoms with Crippen LogP contribution < -0.4 is 20.1 Å². The summed E-state index contributed by atoms with van der Waals surface area (Å²) in [6.45, 7) is 4.87. The highest BCUT2D eigenvalue weighted by Gasteiger charge is 2.11. The Morgan fingerprint density at radius 2 is 2.03 bits per heavy atom. The van der Waals surface area contributed by atoms with Crippen molar-refractivity contribution >= 4 is 34.3 Å². The molecule has 6 nitrogen and oxygen atoms in total. The van der Waals surface area contributed by atoms with Crippen molar-refractivity contribution in [2.75, 3.05) is 31.6 Å². The summed E-state index contributed by atoms with van der Waals surface area (Å²) < 4.78 is 11.5. The summed E-state index contributed by atoms with van der Waals surface area (Å²) in [7, 11) is 0. The van der Waals surface area contributed by atoms with Crippen LogP contribution in [0.25, 0.3) is 0 Å². The number of hydrogen-bond acceptors (Lipinski definition) is 6. The van der Waals surface area contributed by atoms with Crippen molar-refractivity contribution in [1.82, 2.24) is 10.3 Å². The number of ether oxygens (including phenoxy) is 2. The molecular weight excluding hydrogens is 416 g/mol. The van der Waals surface area contributed by atoms with Crippen LogP contribution in [-0.4, -0.2) is 37.2 Å². The molecule has 0 bridgehead atoms. The first-order valence-corrected chi connectivity index (χ1v) is 11.9. The Morgan fingerprint density at radius 1 is 1.13 bits per heavy atom. The molecule has 0 aliphatic carbocycles. The van der Waals surface area contributed by atoms with Gasteiger partial charge in [-0.1, -0.05) is 6.07 Å². The highest BCUT2D eigenvalue weighted by atomic mass is 32.1. The van der Waals surface area contributed by atoms with Crippen LogP contribution >= 0.6 is 22.7 Å². The van der Waals surface area contributed by atoms with Crippen LogP contribution in [0.3, 0.4) is 0 Å². The number of hydrogen-bond donors (Lipinski definition) is 2. The van der Waals surface area contributed by atoms with Crippen LogP contribution in [-0.2, 0) is 12.8 Å². The molecule has 30 heavy (non-hydrogen) atoms. The molecular formula is C22H26N4O2S2. The Bertz CT molecular complexity index is 969. The molecule has 1 aliphatic heterocycles. The number of guanidine groups is 1. The third-order valence-corrected chi connectivity index (χ3v) is 6.32. The highest BCUT2D eigenvalue weighted by Crippen LogP contribution is 2.32. The minimum Gasteiger partial charge on any atom is -0.490 e. The summed E-state index contributed by atoms with van der Waals surface area (Å²) in [5.41, 5.74) is 2.03. The quantitative estimate of drug-likeness (QED) is 0.416. The number of fused-ring (bicyclic) bond motifs is 1. The molecule has 0 spiro atoms. The first kappa shape index (κ1) is 20.7. The van der Waals surface area contributed by atoms with Crippen molar-refractivity contribution in [2.24, 2.45) is 4.99 Å². The molecule has 1 aromatic carbocycles. The average Bonchev–Trinajstić information content (AvgIpc) is 3.34. The zero-order valence-electron chi connectivity index (χ0n) is 17.0. The van der Waals surface area contributed by atoms with E-state index in [1.807, 2.05) is 25.1 Å². The minimum absolute atomic E-state index is 0.670. The number of anilines is 1. The maximum atomic E-state index is 5.81. The monoisotopic (exact) mass is 442 g/mol. The molecule has 0 unspecified atom stereocenters. The maximum Gasteiger partial charge on any atom is 0.195 e. The van der Waals surface area contributed by atoms with Gasteiger partial charge in [0.2, 0.25) is 0 Å². The van der Waals surface area contributed by atoms with Crippen LogP contribution in [0.5, 0.6) is 11.5 Å². The molecule has 158 valence electrons. The summed E-state index contributed by atoms with van der Waals surface area (Å²) in [5.74, 6) is 2.32. The summed E-state index contributed by atoms with van der Waals surface area (Å²) >= 11 is 3.45. The molecule has 3 heterocycles. The van der Waals surface area contributed by atoms with Gasteiger partial charge in [-0.15, -0.1) is 22.7 Å². The molecule has 2 aromatic heterocycles. The minimum atomic E-state index is 0.670. The molecule has 4 rings (SSSR count). The number of thiophene rings is 1.